The number of pyridine rings is 1. The average molecular weight is 502 g/mol. The van der Waals surface area contributed by atoms with Gasteiger partial charge in [-0.1, -0.05) is 26.0 Å². The van der Waals surface area contributed by atoms with E-state index in [4.69, 9.17) is 4.98 Å². The van der Waals surface area contributed by atoms with Crippen LogP contribution in [0.1, 0.15) is 43.4 Å². The second kappa shape index (κ2) is 10.0. The number of imidazole rings is 1. The van der Waals surface area contributed by atoms with Gasteiger partial charge in [-0.05, 0) is 42.7 Å². The van der Waals surface area contributed by atoms with Crippen molar-refractivity contribution < 1.29 is 9.18 Å². The van der Waals surface area contributed by atoms with Crippen LogP contribution in [0.3, 0.4) is 0 Å². The highest BCUT2D eigenvalue weighted by atomic mass is 19.1. The molecule has 1 fully saturated rings. The first-order valence-corrected chi connectivity index (χ1v) is 12.7. The number of hydrogen-bond donors (Lipinski definition) is 1. The van der Waals surface area contributed by atoms with Crippen LogP contribution in [0.25, 0.3) is 0 Å². The average Bonchev–Trinajstić information content (AvgIpc) is 3.43. The molecule has 192 valence electrons. The molecule has 2 aliphatic rings. The molecule has 0 unspecified atom stereocenters. The van der Waals surface area contributed by atoms with E-state index in [0.29, 0.717) is 25.3 Å². The van der Waals surface area contributed by atoms with E-state index in [1.165, 1.54) is 12.1 Å². The van der Waals surface area contributed by atoms with Crippen LogP contribution < -0.4 is 10.2 Å². The van der Waals surface area contributed by atoms with E-state index in [0.717, 1.165) is 35.6 Å². The lowest BCUT2D eigenvalue weighted by atomic mass is 9.91. The van der Waals surface area contributed by atoms with Crippen molar-refractivity contribution in [3.05, 3.63) is 77.4 Å². The molecule has 1 saturated heterocycles. The molecule has 4 heterocycles. The first kappa shape index (κ1) is 25.1. The lowest BCUT2D eigenvalue weighted by molar-refractivity contribution is -0.120. The SMILES string of the molecule is C[C@@H]1CN(CC(=O)N2CC(C)(C)c3ncc(Cc4ccc(F)cc4)cc32)[C@@H](Cn2ccnc2C#N)CN1. The van der Waals surface area contributed by atoms with Crippen molar-refractivity contribution in [3.63, 3.8) is 0 Å². The van der Waals surface area contributed by atoms with Crippen molar-refractivity contribution in [2.24, 2.45) is 0 Å². The summed E-state index contributed by atoms with van der Waals surface area (Å²) in [5, 5.41) is 12.9. The molecule has 0 aliphatic carbocycles. The Morgan fingerprint density at radius 3 is 2.78 bits per heavy atom. The second-order valence-corrected chi connectivity index (χ2v) is 10.8. The Kier molecular flexibility index (Phi) is 6.80. The van der Waals surface area contributed by atoms with Gasteiger partial charge in [0, 0.05) is 62.3 Å². The molecule has 1 aromatic carbocycles. The minimum Gasteiger partial charge on any atom is -0.321 e. The first-order chi connectivity index (χ1) is 17.7. The first-order valence-electron chi connectivity index (χ1n) is 12.7. The molecule has 8 nitrogen and oxygen atoms in total. The molecule has 2 aromatic heterocycles. The molecule has 0 saturated carbocycles. The van der Waals surface area contributed by atoms with Crippen LogP contribution >= 0.6 is 0 Å². The van der Waals surface area contributed by atoms with Crippen LogP contribution in [-0.4, -0.2) is 63.6 Å². The normalized spacial score (nSPS) is 21.0. The summed E-state index contributed by atoms with van der Waals surface area (Å²) in [4.78, 5) is 26.7. The summed E-state index contributed by atoms with van der Waals surface area (Å²) in [6.07, 6.45) is 5.92. The van der Waals surface area contributed by atoms with Gasteiger partial charge in [0.25, 0.3) is 0 Å². The Balaban J connectivity index is 1.36. The van der Waals surface area contributed by atoms with Gasteiger partial charge in [-0.15, -0.1) is 0 Å². The van der Waals surface area contributed by atoms with Gasteiger partial charge in [-0.2, -0.15) is 5.26 Å². The Morgan fingerprint density at radius 2 is 2.03 bits per heavy atom. The van der Waals surface area contributed by atoms with Crippen LogP contribution in [0.5, 0.6) is 0 Å². The van der Waals surface area contributed by atoms with Gasteiger partial charge in [0.15, 0.2) is 0 Å². The topological polar surface area (TPSA) is 90.1 Å². The maximum absolute atomic E-state index is 13.8. The van der Waals surface area contributed by atoms with Gasteiger partial charge in [-0.3, -0.25) is 14.7 Å². The number of nitrogens with one attached hydrogen (secondary N) is 1. The van der Waals surface area contributed by atoms with Crippen LogP contribution in [-0.2, 0) is 23.2 Å². The lowest BCUT2D eigenvalue weighted by Gasteiger charge is -2.39. The third kappa shape index (κ3) is 5.26. The van der Waals surface area contributed by atoms with E-state index < -0.39 is 0 Å². The van der Waals surface area contributed by atoms with E-state index in [9.17, 15) is 14.4 Å². The van der Waals surface area contributed by atoms with E-state index in [-0.39, 0.29) is 35.8 Å². The summed E-state index contributed by atoms with van der Waals surface area (Å²) in [5.74, 6) is 0.157. The molecular weight excluding hydrogens is 469 g/mol. The molecule has 9 heteroatoms. The second-order valence-electron chi connectivity index (χ2n) is 10.8. The Labute approximate surface area is 216 Å². The fourth-order valence-corrected chi connectivity index (χ4v) is 5.40. The van der Waals surface area contributed by atoms with Crippen LogP contribution in [0.15, 0.2) is 48.9 Å². The van der Waals surface area contributed by atoms with Crippen molar-refractivity contribution >= 4 is 11.6 Å². The number of anilines is 1. The van der Waals surface area contributed by atoms with Crippen LogP contribution in [0.2, 0.25) is 0 Å². The summed E-state index contributed by atoms with van der Waals surface area (Å²) in [6.45, 7) is 9.25. The smallest absolute Gasteiger partial charge is 0.241 e. The summed E-state index contributed by atoms with van der Waals surface area (Å²) < 4.78 is 15.2. The monoisotopic (exact) mass is 501 g/mol. The van der Waals surface area contributed by atoms with Gasteiger partial charge < -0.3 is 14.8 Å². The zero-order valence-corrected chi connectivity index (χ0v) is 21.5. The molecule has 3 aromatic rings. The van der Waals surface area contributed by atoms with Gasteiger partial charge in [0.1, 0.15) is 11.9 Å². The highest BCUT2D eigenvalue weighted by molar-refractivity contribution is 5.97. The van der Waals surface area contributed by atoms with Crippen molar-refractivity contribution in [2.75, 3.05) is 31.1 Å². The molecule has 0 spiro atoms. The Morgan fingerprint density at radius 1 is 1.24 bits per heavy atom. The van der Waals surface area contributed by atoms with Crippen LogP contribution in [0, 0.1) is 17.1 Å². The third-order valence-electron chi connectivity index (χ3n) is 7.32. The fourth-order valence-electron chi connectivity index (χ4n) is 5.40. The number of rotatable bonds is 6. The summed E-state index contributed by atoms with van der Waals surface area (Å²) in [6, 6.07) is 11.0. The number of carbonyl (C=O) groups is 1. The summed E-state index contributed by atoms with van der Waals surface area (Å²) in [7, 11) is 0. The minimum absolute atomic E-state index is 0.0396. The van der Waals surface area contributed by atoms with E-state index in [1.807, 2.05) is 21.9 Å². The number of aromatic nitrogens is 3. The van der Waals surface area contributed by atoms with E-state index in [2.05, 4.69) is 48.1 Å². The molecule has 1 N–H and O–H groups in total. The number of halogens is 1. The highest BCUT2D eigenvalue weighted by Crippen LogP contribution is 2.39. The lowest BCUT2D eigenvalue weighted by Crippen LogP contribution is -2.59. The van der Waals surface area contributed by atoms with Crippen molar-refractivity contribution in [1.82, 2.24) is 24.8 Å². The number of nitrogens with zero attached hydrogens (tertiary/aromatic N) is 6. The predicted molar refractivity (Wildman–Crippen MR) is 139 cm³/mol. The molecule has 2 aliphatic heterocycles. The number of amides is 1. The maximum atomic E-state index is 13.8. The Hall–Kier alpha value is -3.61. The zero-order chi connectivity index (χ0) is 26.2. The van der Waals surface area contributed by atoms with Gasteiger partial charge in [0.05, 0.1) is 17.9 Å². The quantitative estimate of drug-likeness (QED) is 0.559. The molecule has 0 radical (unpaired) electrons. The third-order valence-corrected chi connectivity index (χ3v) is 7.32. The fraction of sp³-hybridized carbons (Fsp3) is 0.429. The summed E-state index contributed by atoms with van der Waals surface area (Å²) >= 11 is 0. The Bertz CT molecular complexity index is 1330. The van der Waals surface area contributed by atoms with Crippen molar-refractivity contribution in [2.45, 2.75) is 51.2 Å². The van der Waals surface area contributed by atoms with Crippen LogP contribution in [0.4, 0.5) is 10.1 Å². The molecular formula is C28H32FN7O. The zero-order valence-electron chi connectivity index (χ0n) is 21.5. The number of piperazine rings is 1. The number of hydrogen-bond acceptors (Lipinski definition) is 6. The number of benzene rings is 1. The molecule has 1 amide bonds. The predicted octanol–water partition coefficient (Wildman–Crippen LogP) is 2.87. The molecule has 0 bridgehead atoms. The van der Waals surface area contributed by atoms with E-state index in [1.54, 1.807) is 18.3 Å². The van der Waals surface area contributed by atoms with E-state index >= 15 is 0 Å². The van der Waals surface area contributed by atoms with Gasteiger partial charge in [-0.25, -0.2) is 9.37 Å². The standard InChI is InChI=1S/C28H32FN7O/c1-19-15-35(23(14-32-19)16-34-9-8-31-25(34)12-30)17-26(37)36-18-28(2,3)27-24(36)11-21(13-33-27)10-20-4-6-22(29)7-5-20/h4-9,11,13,19,23,32H,10,14-18H2,1-3H3/t19-,23-/m1/s1. The van der Waals surface area contributed by atoms with Gasteiger partial charge >= 0.3 is 0 Å². The highest BCUT2D eigenvalue weighted by Gasteiger charge is 2.40. The van der Waals surface area contributed by atoms with Gasteiger partial charge in [0.2, 0.25) is 11.7 Å². The minimum atomic E-state index is -0.258. The number of carbonyl (C=O) groups excluding carboxylic acids is 1. The largest absolute Gasteiger partial charge is 0.321 e. The van der Waals surface area contributed by atoms with Crippen molar-refractivity contribution in [3.8, 4) is 6.07 Å². The number of fused-ring (bicyclic) bond motifs is 1. The molecule has 37 heavy (non-hydrogen) atoms. The van der Waals surface area contributed by atoms with Crippen molar-refractivity contribution in [1.29, 1.82) is 5.26 Å². The maximum Gasteiger partial charge on any atom is 0.241 e. The number of nitriles is 1. The summed E-state index contributed by atoms with van der Waals surface area (Å²) in [5.41, 5.74) is 3.50. The molecule has 2 atom stereocenters. The molecule has 5 rings (SSSR count).